The van der Waals surface area contributed by atoms with E-state index in [1.54, 1.807) is 55.5 Å². The topological polar surface area (TPSA) is 216 Å². The van der Waals surface area contributed by atoms with Crippen LogP contribution in [0.3, 0.4) is 0 Å². The number of unbranched alkanes of at least 4 members (excludes halogenated alkanes) is 2. The number of aliphatic hydroxyl groups excluding tert-OH is 1. The summed E-state index contributed by atoms with van der Waals surface area (Å²) in [5.41, 5.74) is 18.8. The Kier molecular flexibility index (Phi) is 15.9. The van der Waals surface area contributed by atoms with Gasteiger partial charge in [-0.3, -0.25) is 14.4 Å². The number of imide groups is 1. The third kappa shape index (κ3) is 10.8. The number of Topliss-reactive ketones (excluding diaryl/α,β-unsaturated/α-hetero) is 1. The molecule has 0 radical (unpaired) electrons. The largest absolute Gasteiger partial charge is 0.444 e. The van der Waals surface area contributed by atoms with E-state index in [9.17, 15) is 32.7 Å². The highest BCUT2D eigenvalue weighted by Crippen LogP contribution is 2.31. The minimum absolute atomic E-state index is 0.0148. The summed E-state index contributed by atoms with van der Waals surface area (Å²) in [4.78, 5) is 54.8. The quantitative estimate of drug-likeness (QED) is 0.0751. The molecule has 0 saturated carbocycles. The van der Waals surface area contributed by atoms with Crippen LogP contribution in [-0.2, 0) is 31.0 Å². The smallest absolute Gasteiger partial charge is 0.417 e. The maximum Gasteiger partial charge on any atom is 0.417 e. The molecule has 13 nitrogen and oxygen atoms in total. The summed E-state index contributed by atoms with van der Waals surface area (Å²) in [6.07, 6.45) is -0.912. The number of hydrogen-bond donors (Lipinski definition) is 4. The van der Waals surface area contributed by atoms with Crippen molar-refractivity contribution in [1.29, 1.82) is 0 Å². The Labute approximate surface area is 299 Å². The average molecular weight is 724 g/mol. The Morgan fingerprint density at radius 3 is 2.04 bits per heavy atom. The maximum atomic E-state index is 14.5. The van der Waals surface area contributed by atoms with E-state index in [1.807, 2.05) is 0 Å². The second kappa shape index (κ2) is 19.8. The number of aliphatic hydroxyl groups is 1. The van der Waals surface area contributed by atoms with Crippen molar-refractivity contribution in [2.75, 3.05) is 13.1 Å². The van der Waals surface area contributed by atoms with Crippen molar-refractivity contribution in [2.45, 2.75) is 88.1 Å². The molecule has 276 valence electrons. The van der Waals surface area contributed by atoms with Crippen molar-refractivity contribution in [2.24, 2.45) is 17.2 Å². The van der Waals surface area contributed by atoms with Crippen molar-refractivity contribution < 1.29 is 37.4 Å². The second-order valence-corrected chi connectivity index (χ2v) is 14.2. The number of aryl methyl sites for hydroxylation is 1. The normalized spacial score (nSPS) is 13.8. The molecule has 51 heavy (non-hydrogen) atoms. The summed E-state index contributed by atoms with van der Waals surface area (Å²) in [6, 6.07) is 16.7. The third-order valence-electron chi connectivity index (χ3n) is 8.47. The summed E-state index contributed by atoms with van der Waals surface area (Å²) in [5, 5.41) is 12.1. The number of nitrogens with zero attached hydrogens (tertiary/aromatic N) is 2. The van der Waals surface area contributed by atoms with Crippen molar-refractivity contribution in [3.8, 4) is 0 Å². The van der Waals surface area contributed by atoms with E-state index >= 15 is 0 Å². The van der Waals surface area contributed by atoms with E-state index in [0.29, 0.717) is 42.1 Å². The minimum Gasteiger partial charge on any atom is -0.444 e. The lowest BCUT2D eigenvalue weighted by Crippen LogP contribution is -2.53. The van der Waals surface area contributed by atoms with Gasteiger partial charge in [-0.1, -0.05) is 78.7 Å². The van der Waals surface area contributed by atoms with Crippen LogP contribution in [0.2, 0.25) is 0 Å². The van der Waals surface area contributed by atoms with E-state index in [-0.39, 0.29) is 48.4 Å². The highest BCUT2D eigenvalue weighted by atomic mass is 32.2. The van der Waals surface area contributed by atoms with Gasteiger partial charge in [-0.2, -0.15) is 0 Å². The Bertz CT molecular complexity index is 1700. The summed E-state index contributed by atoms with van der Waals surface area (Å²) in [6.45, 7) is 3.60. The van der Waals surface area contributed by atoms with Gasteiger partial charge >= 0.3 is 6.09 Å². The van der Waals surface area contributed by atoms with E-state index in [2.05, 4.69) is 0 Å². The summed E-state index contributed by atoms with van der Waals surface area (Å²) in [5.74, 6) is -1.58. The van der Waals surface area contributed by atoms with Crippen molar-refractivity contribution in [1.82, 2.24) is 9.21 Å². The van der Waals surface area contributed by atoms with E-state index < -0.39 is 52.0 Å². The number of rotatable bonds is 20. The molecule has 0 aromatic heterocycles. The van der Waals surface area contributed by atoms with Crippen LogP contribution in [0.4, 0.5) is 4.79 Å². The van der Waals surface area contributed by atoms with E-state index in [4.69, 9.17) is 21.9 Å². The molecule has 14 heteroatoms. The number of benzene rings is 3. The van der Waals surface area contributed by atoms with Crippen LogP contribution in [0.15, 0.2) is 83.8 Å². The fraction of sp³-hybridized carbons (Fsp3) is 0.405. The number of hydrogen-bond acceptors (Lipinski definition) is 11. The molecule has 0 heterocycles. The number of sulfonamides is 1. The molecule has 7 N–H and O–H groups in total. The van der Waals surface area contributed by atoms with E-state index in [0.717, 1.165) is 10.5 Å². The molecule has 3 aromatic rings. The SMILES string of the molecule is Cc1ccc(S(=O)(=O)N(C=O)[C@H](CCCCN)C(=O)c2ccccc2C(O)[C@H](CCCCN)N(C(=O)OCc2ccccc2)C(=O)[C@H](C)N)cc1. The lowest BCUT2D eigenvalue weighted by Gasteiger charge is -2.35. The lowest BCUT2D eigenvalue weighted by atomic mass is 9.88. The second-order valence-electron chi connectivity index (χ2n) is 12.3. The Hall–Kier alpha value is -4.47. The van der Waals surface area contributed by atoms with E-state index in [1.165, 1.54) is 37.3 Å². The third-order valence-corrected chi connectivity index (χ3v) is 10.2. The number of ketones is 1. The van der Waals surface area contributed by atoms with Crippen LogP contribution in [0.1, 0.15) is 78.6 Å². The zero-order valence-corrected chi connectivity index (χ0v) is 29.9. The number of carbonyl (C=O) groups is 4. The highest BCUT2D eigenvalue weighted by Gasteiger charge is 2.41. The molecular formula is C37H49N5O8S. The van der Waals surface area contributed by atoms with Gasteiger partial charge in [0.25, 0.3) is 10.0 Å². The minimum atomic E-state index is -4.49. The standard InChI is InChI=1S/C37H49N5O8S/c1-26-18-20-29(21-19-26)51(48,49)41(25-43)32(16-8-10-22-38)34(44)30-14-6-7-15-31(30)35(45)33(17-9-11-23-39)42(36(46)27(2)40)37(47)50-24-28-12-4-3-5-13-28/h3-7,12-15,18-21,25,27,32-33,35,45H,8-11,16-17,22-24,38-40H2,1-2H3/t27-,32+,33-,35?/m0/s1. The predicted molar refractivity (Wildman–Crippen MR) is 193 cm³/mol. The van der Waals surface area contributed by atoms with Crippen LogP contribution in [-0.4, -0.2) is 78.1 Å². The fourth-order valence-corrected chi connectivity index (χ4v) is 7.05. The van der Waals surface area contributed by atoms with Gasteiger partial charge in [0, 0.05) is 5.56 Å². The number of ether oxygens (including phenoxy) is 1. The maximum absolute atomic E-state index is 14.5. The molecule has 3 rings (SSSR count). The molecular weight excluding hydrogens is 675 g/mol. The molecule has 3 aromatic carbocycles. The zero-order chi connectivity index (χ0) is 37.6. The van der Waals surface area contributed by atoms with Crippen LogP contribution in [0, 0.1) is 6.92 Å². The first-order valence-electron chi connectivity index (χ1n) is 16.9. The molecule has 0 aliphatic carbocycles. The monoisotopic (exact) mass is 723 g/mol. The van der Waals surface area contributed by atoms with Gasteiger partial charge in [0.2, 0.25) is 12.3 Å². The van der Waals surface area contributed by atoms with Gasteiger partial charge in [0.15, 0.2) is 5.78 Å². The van der Waals surface area contributed by atoms with Gasteiger partial charge in [0.1, 0.15) is 18.8 Å². The Morgan fingerprint density at radius 2 is 1.45 bits per heavy atom. The number of nitrogens with two attached hydrogens (primary N) is 3. The average Bonchev–Trinajstić information content (AvgIpc) is 3.13. The molecule has 3 amide bonds. The fourth-order valence-electron chi connectivity index (χ4n) is 5.67. The summed E-state index contributed by atoms with van der Waals surface area (Å²) >= 11 is 0. The van der Waals surface area contributed by atoms with Gasteiger partial charge in [-0.15, -0.1) is 0 Å². The predicted octanol–water partition coefficient (Wildman–Crippen LogP) is 3.57. The molecule has 0 spiro atoms. The van der Waals surface area contributed by atoms with Crippen molar-refractivity contribution in [3.05, 3.63) is 101 Å². The van der Waals surface area contributed by atoms with Gasteiger partial charge < -0.3 is 27.0 Å². The molecule has 0 saturated heterocycles. The Morgan fingerprint density at radius 1 is 0.863 bits per heavy atom. The van der Waals surface area contributed by atoms with Crippen LogP contribution in [0.5, 0.6) is 0 Å². The number of amides is 3. The molecule has 0 bridgehead atoms. The first kappa shape index (κ1) is 41.0. The number of carbonyl (C=O) groups excluding carboxylic acids is 4. The first-order valence-corrected chi connectivity index (χ1v) is 18.4. The zero-order valence-electron chi connectivity index (χ0n) is 29.1. The van der Waals surface area contributed by atoms with Crippen LogP contribution >= 0.6 is 0 Å². The highest BCUT2D eigenvalue weighted by molar-refractivity contribution is 7.89. The van der Waals surface area contributed by atoms with Gasteiger partial charge in [-0.05, 0) is 82.3 Å². The molecule has 0 aliphatic heterocycles. The van der Waals surface area contributed by atoms with Crippen LogP contribution < -0.4 is 17.2 Å². The molecule has 1 unspecified atom stereocenters. The van der Waals surface area contributed by atoms with Crippen molar-refractivity contribution in [3.63, 3.8) is 0 Å². The van der Waals surface area contributed by atoms with Gasteiger partial charge in [-0.25, -0.2) is 22.4 Å². The first-order chi connectivity index (χ1) is 24.4. The molecule has 4 atom stereocenters. The Balaban J connectivity index is 2.10. The molecule has 0 aliphatic rings. The van der Waals surface area contributed by atoms with Gasteiger partial charge in [0.05, 0.1) is 17.0 Å². The summed E-state index contributed by atoms with van der Waals surface area (Å²) in [7, 11) is -4.49. The molecule has 0 fully saturated rings. The van der Waals surface area contributed by atoms with Crippen molar-refractivity contribution >= 4 is 34.2 Å². The lowest BCUT2D eigenvalue weighted by molar-refractivity contribution is -0.135. The van der Waals surface area contributed by atoms with Crippen LogP contribution in [0.25, 0.3) is 0 Å². The summed E-state index contributed by atoms with van der Waals surface area (Å²) < 4.78 is 33.6.